The van der Waals surface area contributed by atoms with E-state index < -0.39 is 10.0 Å². The molecule has 1 rings (SSSR count). The van der Waals surface area contributed by atoms with Crippen molar-refractivity contribution in [2.75, 3.05) is 13.1 Å². The van der Waals surface area contributed by atoms with Crippen molar-refractivity contribution in [1.82, 2.24) is 10.0 Å². The summed E-state index contributed by atoms with van der Waals surface area (Å²) in [6, 6.07) is 1.55. The minimum absolute atomic E-state index is 0.154. The van der Waals surface area contributed by atoms with Crippen molar-refractivity contribution < 1.29 is 12.8 Å². The van der Waals surface area contributed by atoms with Crippen LogP contribution in [0.15, 0.2) is 20.0 Å². The molecule has 0 saturated heterocycles. The van der Waals surface area contributed by atoms with Gasteiger partial charge in [0, 0.05) is 12.6 Å². The molecular formula is C13H23BrN2O3S. The van der Waals surface area contributed by atoms with Crippen molar-refractivity contribution in [1.29, 1.82) is 0 Å². The molecule has 20 heavy (non-hydrogen) atoms. The highest BCUT2D eigenvalue weighted by Crippen LogP contribution is 2.26. The van der Waals surface area contributed by atoms with E-state index in [1.807, 2.05) is 13.8 Å². The Bertz CT molecular complexity index is 526. The summed E-state index contributed by atoms with van der Waals surface area (Å²) < 4.78 is 32.8. The van der Waals surface area contributed by atoms with Crippen molar-refractivity contribution in [3.8, 4) is 0 Å². The third-order valence-electron chi connectivity index (χ3n) is 3.28. The van der Waals surface area contributed by atoms with Crippen LogP contribution in [0, 0.1) is 11.8 Å². The number of furan rings is 1. The first-order chi connectivity index (χ1) is 9.27. The second-order valence-electron chi connectivity index (χ2n) is 5.20. The second kappa shape index (κ2) is 7.59. The average Bonchev–Trinajstić information content (AvgIpc) is 2.75. The summed E-state index contributed by atoms with van der Waals surface area (Å²) in [7, 11) is -3.54. The summed E-state index contributed by atoms with van der Waals surface area (Å²) in [5.41, 5.74) is 0. The number of rotatable bonds is 8. The van der Waals surface area contributed by atoms with Gasteiger partial charge in [0.25, 0.3) is 0 Å². The fourth-order valence-corrected chi connectivity index (χ4v) is 3.61. The monoisotopic (exact) mass is 366 g/mol. The Hall–Kier alpha value is -0.370. The van der Waals surface area contributed by atoms with E-state index in [-0.39, 0.29) is 15.5 Å². The van der Waals surface area contributed by atoms with Gasteiger partial charge in [0.05, 0.1) is 6.54 Å². The molecular weight excluding hydrogens is 344 g/mol. The van der Waals surface area contributed by atoms with Crippen LogP contribution in [-0.2, 0) is 16.6 Å². The lowest BCUT2D eigenvalue weighted by Crippen LogP contribution is -2.30. The van der Waals surface area contributed by atoms with Gasteiger partial charge in [-0.3, -0.25) is 0 Å². The molecule has 0 amide bonds. The standard InChI is InChI=1S/C13H23BrN2O3S/c1-5-15-8-11-6-12(13(14)19-11)20(17,18)16-7-10(4)9(2)3/h6,9-10,15-16H,5,7-8H2,1-4H3. The molecule has 2 N–H and O–H groups in total. The number of hydrogen-bond donors (Lipinski definition) is 2. The fourth-order valence-electron chi connectivity index (χ4n) is 1.47. The average molecular weight is 367 g/mol. The van der Waals surface area contributed by atoms with Crippen molar-refractivity contribution in [2.24, 2.45) is 11.8 Å². The minimum Gasteiger partial charge on any atom is -0.452 e. The van der Waals surface area contributed by atoms with E-state index in [1.165, 1.54) is 0 Å². The fraction of sp³-hybridized carbons (Fsp3) is 0.692. The van der Waals surface area contributed by atoms with E-state index in [0.717, 1.165) is 6.54 Å². The molecule has 0 aliphatic carbocycles. The summed E-state index contributed by atoms with van der Waals surface area (Å²) >= 11 is 3.17. The zero-order valence-corrected chi connectivity index (χ0v) is 14.8. The topological polar surface area (TPSA) is 71.3 Å². The quantitative estimate of drug-likeness (QED) is 0.741. The van der Waals surface area contributed by atoms with Crippen LogP contribution in [0.5, 0.6) is 0 Å². The van der Waals surface area contributed by atoms with E-state index in [9.17, 15) is 8.42 Å². The number of nitrogens with one attached hydrogen (secondary N) is 2. The van der Waals surface area contributed by atoms with Crippen LogP contribution < -0.4 is 10.0 Å². The summed E-state index contributed by atoms with van der Waals surface area (Å²) in [6.45, 7) is 9.86. The molecule has 116 valence electrons. The van der Waals surface area contributed by atoms with Gasteiger partial charge >= 0.3 is 0 Å². The lowest BCUT2D eigenvalue weighted by molar-refractivity contribution is 0.414. The molecule has 1 unspecified atom stereocenters. The van der Waals surface area contributed by atoms with Crippen molar-refractivity contribution in [3.63, 3.8) is 0 Å². The van der Waals surface area contributed by atoms with E-state index >= 15 is 0 Å². The van der Waals surface area contributed by atoms with Gasteiger partial charge in [0.2, 0.25) is 10.0 Å². The van der Waals surface area contributed by atoms with Crippen LogP contribution in [0.2, 0.25) is 0 Å². The van der Waals surface area contributed by atoms with Gasteiger partial charge in [-0.1, -0.05) is 27.7 Å². The predicted octanol–water partition coefficient (Wildman–Crippen LogP) is 2.72. The lowest BCUT2D eigenvalue weighted by atomic mass is 9.99. The van der Waals surface area contributed by atoms with Crippen molar-refractivity contribution >= 4 is 26.0 Å². The molecule has 0 fully saturated rings. The van der Waals surface area contributed by atoms with E-state index in [2.05, 4.69) is 39.8 Å². The Balaban J connectivity index is 2.79. The molecule has 5 nitrogen and oxygen atoms in total. The minimum atomic E-state index is -3.54. The maximum atomic E-state index is 12.2. The van der Waals surface area contributed by atoms with E-state index in [0.29, 0.717) is 24.8 Å². The molecule has 1 heterocycles. The first-order valence-electron chi connectivity index (χ1n) is 6.76. The number of hydrogen-bond acceptors (Lipinski definition) is 4. The highest BCUT2D eigenvalue weighted by molar-refractivity contribution is 9.10. The maximum absolute atomic E-state index is 12.2. The number of halogens is 1. The third-order valence-corrected chi connectivity index (χ3v) is 5.56. The zero-order valence-electron chi connectivity index (χ0n) is 12.4. The summed E-state index contributed by atoms with van der Waals surface area (Å²) in [6.07, 6.45) is 0. The molecule has 0 aliphatic rings. The van der Waals surface area contributed by atoms with Crippen LogP contribution in [-0.4, -0.2) is 21.5 Å². The zero-order chi connectivity index (χ0) is 15.3. The van der Waals surface area contributed by atoms with Crippen LogP contribution in [0.4, 0.5) is 0 Å². The highest BCUT2D eigenvalue weighted by Gasteiger charge is 2.23. The highest BCUT2D eigenvalue weighted by atomic mass is 79.9. The molecule has 1 aromatic rings. The molecule has 1 aromatic heterocycles. The molecule has 0 aromatic carbocycles. The third kappa shape index (κ3) is 4.87. The second-order valence-corrected chi connectivity index (χ2v) is 7.66. The van der Waals surface area contributed by atoms with Gasteiger partial charge in [-0.15, -0.1) is 0 Å². The Morgan fingerprint density at radius 1 is 1.35 bits per heavy atom. The van der Waals surface area contributed by atoms with Crippen LogP contribution in [0.3, 0.4) is 0 Å². The molecule has 7 heteroatoms. The van der Waals surface area contributed by atoms with E-state index in [1.54, 1.807) is 6.07 Å². The SMILES string of the molecule is CCNCc1cc(S(=O)(=O)NCC(C)C(C)C)c(Br)o1. The van der Waals surface area contributed by atoms with Crippen molar-refractivity contribution in [3.05, 3.63) is 16.5 Å². The molecule has 0 radical (unpaired) electrons. The van der Waals surface area contributed by atoms with Gasteiger partial charge in [-0.25, -0.2) is 13.1 Å². The lowest BCUT2D eigenvalue weighted by Gasteiger charge is -2.15. The summed E-state index contributed by atoms with van der Waals surface area (Å²) in [4.78, 5) is 0.154. The maximum Gasteiger partial charge on any atom is 0.244 e. The Labute approximate surface area is 129 Å². The van der Waals surface area contributed by atoms with Gasteiger partial charge < -0.3 is 9.73 Å². The van der Waals surface area contributed by atoms with Crippen LogP contribution >= 0.6 is 15.9 Å². The van der Waals surface area contributed by atoms with Gasteiger partial charge in [0.15, 0.2) is 4.67 Å². The predicted molar refractivity (Wildman–Crippen MR) is 83.0 cm³/mol. The summed E-state index contributed by atoms with van der Waals surface area (Å²) in [5.74, 6) is 1.29. The molecule has 0 spiro atoms. The van der Waals surface area contributed by atoms with Gasteiger partial charge in [-0.2, -0.15) is 0 Å². The van der Waals surface area contributed by atoms with Crippen LogP contribution in [0.25, 0.3) is 0 Å². The molecule has 1 atom stereocenters. The largest absolute Gasteiger partial charge is 0.452 e. The summed E-state index contributed by atoms with van der Waals surface area (Å²) in [5, 5.41) is 3.09. The number of sulfonamides is 1. The molecule has 0 saturated carbocycles. The Kier molecular flexibility index (Phi) is 6.71. The molecule has 0 aliphatic heterocycles. The van der Waals surface area contributed by atoms with Gasteiger partial charge in [-0.05, 0) is 34.3 Å². The van der Waals surface area contributed by atoms with Crippen molar-refractivity contribution in [2.45, 2.75) is 39.1 Å². The normalized spacial score (nSPS) is 13.9. The smallest absolute Gasteiger partial charge is 0.244 e. The molecule has 0 bridgehead atoms. The van der Waals surface area contributed by atoms with E-state index in [4.69, 9.17) is 4.42 Å². The Morgan fingerprint density at radius 2 is 2.00 bits per heavy atom. The Morgan fingerprint density at radius 3 is 2.55 bits per heavy atom. The van der Waals surface area contributed by atoms with Crippen LogP contribution in [0.1, 0.15) is 33.5 Å². The van der Waals surface area contributed by atoms with Gasteiger partial charge in [0.1, 0.15) is 10.7 Å². The first kappa shape index (κ1) is 17.7. The first-order valence-corrected chi connectivity index (χ1v) is 9.04.